The zero-order chi connectivity index (χ0) is 12.7. The Bertz CT molecular complexity index is 583. The van der Waals surface area contributed by atoms with Crippen molar-refractivity contribution in [3.8, 4) is 5.00 Å². The molecule has 0 aliphatic heterocycles. The summed E-state index contributed by atoms with van der Waals surface area (Å²) in [6.45, 7) is 2.23. The number of nitrogens with zero attached hydrogens (tertiary/aromatic N) is 1. The van der Waals surface area contributed by atoms with E-state index in [1.807, 2.05) is 29.1 Å². The average Bonchev–Trinajstić information content (AvgIpc) is 2.93. The lowest BCUT2D eigenvalue weighted by molar-refractivity contribution is 0.0696. The number of fused-ring (bicyclic) bond motifs is 1. The van der Waals surface area contributed by atoms with E-state index in [0.717, 1.165) is 29.8 Å². The van der Waals surface area contributed by atoms with Gasteiger partial charge in [-0.2, -0.15) is 0 Å². The molecule has 0 spiro atoms. The van der Waals surface area contributed by atoms with E-state index in [0.29, 0.717) is 11.5 Å². The minimum Gasteiger partial charge on any atom is -0.478 e. The van der Waals surface area contributed by atoms with Gasteiger partial charge in [-0.3, -0.25) is 0 Å². The van der Waals surface area contributed by atoms with Crippen molar-refractivity contribution in [2.24, 2.45) is 5.92 Å². The Morgan fingerprint density at radius 3 is 2.83 bits per heavy atom. The number of carbonyl (C=O) groups is 1. The third-order valence-corrected chi connectivity index (χ3v) is 4.81. The molecule has 0 radical (unpaired) electrons. The number of hydrogen-bond donors (Lipinski definition) is 1. The highest BCUT2D eigenvalue weighted by atomic mass is 32.1. The van der Waals surface area contributed by atoms with Gasteiger partial charge in [-0.05, 0) is 42.9 Å². The highest BCUT2D eigenvalue weighted by Gasteiger charge is 2.27. The van der Waals surface area contributed by atoms with Gasteiger partial charge in [0, 0.05) is 17.3 Å². The molecule has 1 aliphatic carbocycles. The minimum absolute atomic E-state index is 0.512. The molecular formula is C14H15NO2S. The van der Waals surface area contributed by atoms with Crippen LogP contribution in [0.3, 0.4) is 0 Å². The van der Waals surface area contributed by atoms with Crippen molar-refractivity contribution in [2.75, 3.05) is 0 Å². The van der Waals surface area contributed by atoms with Gasteiger partial charge < -0.3 is 9.67 Å². The molecule has 18 heavy (non-hydrogen) atoms. The molecule has 94 valence electrons. The third-order valence-electron chi connectivity index (χ3n) is 3.55. The second kappa shape index (κ2) is 4.28. The largest absolute Gasteiger partial charge is 0.478 e. The number of hydrogen-bond acceptors (Lipinski definition) is 2. The Morgan fingerprint density at radius 2 is 2.17 bits per heavy atom. The molecule has 0 bridgehead atoms. The van der Waals surface area contributed by atoms with Gasteiger partial charge >= 0.3 is 5.97 Å². The first-order chi connectivity index (χ1) is 8.66. The minimum atomic E-state index is -0.800. The maximum atomic E-state index is 11.5. The average molecular weight is 261 g/mol. The van der Waals surface area contributed by atoms with Gasteiger partial charge in [0.05, 0.1) is 5.56 Å². The summed E-state index contributed by atoms with van der Waals surface area (Å²) in [4.78, 5) is 12.8. The zero-order valence-electron chi connectivity index (χ0n) is 10.2. The lowest BCUT2D eigenvalue weighted by atomic mass is 9.88. The Hall–Kier alpha value is -1.55. The predicted molar refractivity (Wildman–Crippen MR) is 71.8 cm³/mol. The van der Waals surface area contributed by atoms with Crippen LogP contribution in [0.4, 0.5) is 0 Å². The molecule has 0 fully saturated rings. The van der Waals surface area contributed by atoms with E-state index in [1.54, 1.807) is 11.3 Å². The second-order valence-electron chi connectivity index (χ2n) is 4.93. The van der Waals surface area contributed by atoms with E-state index in [-0.39, 0.29) is 0 Å². The molecule has 0 amide bonds. The first-order valence-electron chi connectivity index (χ1n) is 6.18. The van der Waals surface area contributed by atoms with Crippen LogP contribution in [-0.4, -0.2) is 15.6 Å². The van der Waals surface area contributed by atoms with Crippen molar-refractivity contribution in [3.63, 3.8) is 0 Å². The number of carboxylic acids is 1. The highest BCUT2D eigenvalue weighted by Crippen LogP contribution is 2.38. The standard InChI is InChI=1S/C14H15NO2S/c1-9-4-5-10-11(8-9)18-13(12(10)14(16)17)15-6-2-3-7-15/h2-3,6-7,9H,4-5,8H2,1H3,(H,16,17)/t9-/m1/s1. The Kier molecular flexibility index (Phi) is 2.74. The van der Waals surface area contributed by atoms with Crippen molar-refractivity contribution in [1.29, 1.82) is 0 Å². The van der Waals surface area contributed by atoms with Crippen LogP contribution in [0.2, 0.25) is 0 Å². The van der Waals surface area contributed by atoms with Crippen LogP contribution in [0.1, 0.15) is 34.1 Å². The molecule has 0 unspecified atom stereocenters. The maximum absolute atomic E-state index is 11.5. The van der Waals surface area contributed by atoms with Gasteiger partial charge in [0.25, 0.3) is 0 Å². The number of thiophene rings is 1. The highest BCUT2D eigenvalue weighted by molar-refractivity contribution is 7.15. The third kappa shape index (κ3) is 1.77. The van der Waals surface area contributed by atoms with E-state index < -0.39 is 5.97 Å². The molecule has 4 heteroatoms. The molecule has 3 nitrogen and oxygen atoms in total. The summed E-state index contributed by atoms with van der Waals surface area (Å²) < 4.78 is 1.91. The first kappa shape index (κ1) is 11.5. The molecule has 1 atom stereocenters. The van der Waals surface area contributed by atoms with Gasteiger partial charge in [-0.25, -0.2) is 4.79 Å². The van der Waals surface area contributed by atoms with Crippen LogP contribution >= 0.6 is 11.3 Å². The summed E-state index contributed by atoms with van der Waals surface area (Å²) >= 11 is 1.63. The smallest absolute Gasteiger partial charge is 0.339 e. The van der Waals surface area contributed by atoms with E-state index in [9.17, 15) is 9.90 Å². The quantitative estimate of drug-likeness (QED) is 0.900. The molecular weight excluding hydrogens is 246 g/mol. The van der Waals surface area contributed by atoms with E-state index in [2.05, 4.69) is 6.92 Å². The van der Waals surface area contributed by atoms with Crippen molar-refractivity contribution in [1.82, 2.24) is 4.57 Å². The normalized spacial score (nSPS) is 18.6. The molecule has 3 rings (SSSR count). The molecule has 0 saturated carbocycles. The van der Waals surface area contributed by atoms with Gasteiger partial charge in [0.15, 0.2) is 0 Å². The number of aromatic nitrogens is 1. The van der Waals surface area contributed by atoms with Gasteiger partial charge in [-0.15, -0.1) is 11.3 Å². The second-order valence-corrected chi connectivity index (χ2v) is 6.01. The van der Waals surface area contributed by atoms with Crippen LogP contribution in [0.25, 0.3) is 5.00 Å². The van der Waals surface area contributed by atoms with Crippen LogP contribution in [0.5, 0.6) is 0 Å². The summed E-state index contributed by atoms with van der Waals surface area (Å²) in [5.74, 6) is -0.138. The fourth-order valence-electron chi connectivity index (χ4n) is 2.61. The summed E-state index contributed by atoms with van der Waals surface area (Å²) in [7, 11) is 0. The molecule has 0 saturated heterocycles. The summed E-state index contributed by atoms with van der Waals surface area (Å²) in [6, 6.07) is 3.85. The van der Waals surface area contributed by atoms with E-state index in [4.69, 9.17) is 0 Å². The van der Waals surface area contributed by atoms with Crippen LogP contribution in [0.15, 0.2) is 24.5 Å². The fourth-order valence-corrected chi connectivity index (χ4v) is 4.08. The molecule has 1 N–H and O–H groups in total. The molecule has 2 aromatic rings. The van der Waals surface area contributed by atoms with E-state index >= 15 is 0 Å². The lowest BCUT2D eigenvalue weighted by Crippen LogP contribution is -2.12. The van der Waals surface area contributed by atoms with Crippen molar-refractivity contribution < 1.29 is 9.90 Å². The van der Waals surface area contributed by atoms with Crippen molar-refractivity contribution in [2.45, 2.75) is 26.2 Å². The Labute approximate surface area is 110 Å². The Balaban J connectivity index is 2.17. The van der Waals surface area contributed by atoms with E-state index in [1.165, 1.54) is 4.88 Å². The lowest BCUT2D eigenvalue weighted by Gasteiger charge is -2.17. The topological polar surface area (TPSA) is 42.2 Å². The van der Waals surface area contributed by atoms with Crippen LogP contribution in [-0.2, 0) is 12.8 Å². The molecule has 2 heterocycles. The number of rotatable bonds is 2. The predicted octanol–water partition coefficient (Wildman–Crippen LogP) is 3.36. The summed E-state index contributed by atoms with van der Waals surface area (Å²) in [5, 5.41) is 10.3. The maximum Gasteiger partial charge on any atom is 0.339 e. The number of carboxylic acid groups (broad SMARTS) is 1. The zero-order valence-corrected chi connectivity index (χ0v) is 11.0. The van der Waals surface area contributed by atoms with Crippen molar-refractivity contribution in [3.05, 3.63) is 40.5 Å². The monoisotopic (exact) mass is 261 g/mol. The van der Waals surface area contributed by atoms with Crippen LogP contribution in [0, 0.1) is 5.92 Å². The van der Waals surface area contributed by atoms with Gasteiger partial charge in [0.2, 0.25) is 0 Å². The summed E-state index contributed by atoms with van der Waals surface area (Å²) in [6.07, 6.45) is 6.83. The SMILES string of the molecule is C[C@@H]1CCc2c(sc(-n3cccc3)c2C(=O)O)C1. The molecule has 1 aliphatic rings. The Morgan fingerprint density at radius 1 is 1.44 bits per heavy atom. The number of aromatic carboxylic acids is 1. The first-order valence-corrected chi connectivity index (χ1v) is 6.99. The fraction of sp³-hybridized carbons (Fsp3) is 0.357. The van der Waals surface area contributed by atoms with Crippen molar-refractivity contribution >= 4 is 17.3 Å². The van der Waals surface area contributed by atoms with Gasteiger partial charge in [0.1, 0.15) is 5.00 Å². The molecule has 2 aromatic heterocycles. The summed E-state index contributed by atoms with van der Waals surface area (Å²) in [5.41, 5.74) is 1.58. The molecule has 0 aromatic carbocycles. The van der Waals surface area contributed by atoms with Crippen LogP contribution < -0.4 is 0 Å². The van der Waals surface area contributed by atoms with Gasteiger partial charge in [-0.1, -0.05) is 6.92 Å².